The van der Waals surface area contributed by atoms with Crippen molar-refractivity contribution in [1.29, 1.82) is 5.26 Å². The number of piperidine rings is 1. The summed E-state index contributed by atoms with van der Waals surface area (Å²) in [4.78, 5) is 2.53. The Balaban J connectivity index is 1.33. The number of aromatic nitrogens is 3. The first-order valence-corrected chi connectivity index (χ1v) is 9.86. The van der Waals surface area contributed by atoms with Crippen LogP contribution in [0.4, 0.5) is 0 Å². The summed E-state index contributed by atoms with van der Waals surface area (Å²) in [6.45, 7) is 3.24. The van der Waals surface area contributed by atoms with Gasteiger partial charge < -0.3 is 4.57 Å². The minimum Gasteiger partial charge on any atom is -0.321 e. The van der Waals surface area contributed by atoms with E-state index < -0.39 is 0 Å². The number of hydrogen-bond donors (Lipinski definition) is 0. The fraction of sp³-hybridized carbons (Fsp3) is 0.348. The summed E-state index contributed by atoms with van der Waals surface area (Å²) in [7, 11) is 2.02. The smallest absolute Gasteiger partial charge is 0.132 e. The summed E-state index contributed by atoms with van der Waals surface area (Å²) in [5.74, 6) is 1.79. The van der Waals surface area contributed by atoms with Crippen molar-refractivity contribution in [1.82, 2.24) is 19.7 Å². The number of aryl methyl sites for hydroxylation is 1. The summed E-state index contributed by atoms with van der Waals surface area (Å²) in [6, 6.07) is 18.7. The van der Waals surface area contributed by atoms with Crippen LogP contribution in [0.25, 0.3) is 11.1 Å². The van der Waals surface area contributed by atoms with E-state index in [1.54, 1.807) is 6.33 Å². The molecular formula is C23H25N5. The highest BCUT2D eigenvalue weighted by Crippen LogP contribution is 2.25. The number of hydrogen-bond acceptors (Lipinski definition) is 4. The van der Waals surface area contributed by atoms with Gasteiger partial charge in [-0.2, -0.15) is 5.26 Å². The predicted octanol–water partition coefficient (Wildman–Crippen LogP) is 3.81. The van der Waals surface area contributed by atoms with Gasteiger partial charge in [0.2, 0.25) is 0 Å². The molecule has 4 rings (SSSR count). The number of rotatable bonds is 5. The molecule has 1 aromatic heterocycles. The van der Waals surface area contributed by atoms with Crippen molar-refractivity contribution in [3.8, 4) is 17.2 Å². The van der Waals surface area contributed by atoms with Gasteiger partial charge in [0.1, 0.15) is 12.2 Å². The van der Waals surface area contributed by atoms with Crippen LogP contribution in [0.2, 0.25) is 0 Å². The molecule has 1 aliphatic rings. The molecule has 0 bridgehead atoms. The van der Waals surface area contributed by atoms with Gasteiger partial charge in [-0.15, -0.1) is 10.2 Å². The molecule has 0 N–H and O–H groups in total. The van der Waals surface area contributed by atoms with Crippen LogP contribution in [0, 0.1) is 17.2 Å². The van der Waals surface area contributed by atoms with Crippen molar-refractivity contribution < 1.29 is 0 Å². The molecule has 2 heterocycles. The Bertz CT molecular complexity index is 959. The molecular weight excluding hydrogens is 346 g/mol. The van der Waals surface area contributed by atoms with Gasteiger partial charge in [-0.3, -0.25) is 4.90 Å². The van der Waals surface area contributed by atoms with Crippen LogP contribution < -0.4 is 0 Å². The zero-order valence-electron chi connectivity index (χ0n) is 16.3. The van der Waals surface area contributed by atoms with Crippen LogP contribution >= 0.6 is 0 Å². The second-order valence-electron chi connectivity index (χ2n) is 7.64. The Morgan fingerprint density at radius 2 is 1.82 bits per heavy atom. The molecule has 0 atom stereocenters. The van der Waals surface area contributed by atoms with Gasteiger partial charge in [0.25, 0.3) is 0 Å². The Morgan fingerprint density at radius 3 is 2.50 bits per heavy atom. The van der Waals surface area contributed by atoms with E-state index in [0.29, 0.717) is 5.92 Å². The third kappa shape index (κ3) is 4.13. The van der Waals surface area contributed by atoms with E-state index in [1.165, 1.54) is 18.4 Å². The number of nitrogens with zero attached hydrogens (tertiary/aromatic N) is 5. The lowest BCUT2D eigenvalue weighted by molar-refractivity contribution is 0.175. The van der Waals surface area contributed by atoms with Gasteiger partial charge in [0.05, 0.1) is 11.6 Å². The number of benzene rings is 2. The van der Waals surface area contributed by atoms with Crippen molar-refractivity contribution in [2.45, 2.75) is 25.8 Å². The standard InChI is InChI=1S/C23H25N5/c1-27-17-25-26-23(27)14-18-10-12-28(13-11-18)16-19-6-8-20(9-7-19)22-5-3-2-4-21(22)15-24/h2-9,17-18H,10-14,16H2,1H3. The fourth-order valence-corrected chi connectivity index (χ4v) is 3.98. The molecule has 2 aromatic carbocycles. The predicted molar refractivity (Wildman–Crippen MR) is 109 cm³/mol. The average Bonchev–Trinajstić information content (AvgIpc) is 3.14. The third-order valence-electron chi connectivity index (χ3n) is 5.70. The van der Waals surface area contributed by atoms with E-state index in [-0.39, 0.29) is 0 Å². The van der Waals surface area contributed by atoms with Crippen LogP contribution in [-0.2, 0) is 20.0 Å². The van der Waals surface area contributed by atoms with Crippen molar-refractivity contribution in [3.63, 3.8) is 0 Å². The quantitative estimate of drug-likeness (QED) is 0.684. The van der Waals surface area contributed by atoms with Gasteiger partial charge in [-0.05, 0) is 54.6 Å². The minimum absolute atomic E-state index is 0.698. The largest absolute Gasteiger partial charge is 0.321 e. The Labute approximate surface area is 166 Å². The molecule has 3 aromatic rings. The molecule has 0 aliphatic carbocycles. The zero-order chi connectivity index (χ0) is 19.3. The van der Waals surface area contributed by atoms with Crippen molar-refractivity contribution in [2.24, 2.45) is 13.0 Å². The number of likely N-dealkylation sites (tertiary alicyclic amines) is 1. The molecule has 1 saturated heterocycles. The van der Waals surface area contributed by atoms with Gasteiger partial charge in [0, 0.05) is 20.0 Å². The van der Waals surface area contributed by atoms with Crippen LogP contribution in [0.5, 0.6) is 0 Å². The Hall–Kier alpha value is -2.97. The molecule has 0 amide bonds. The second kappa shape index (κ2) is 8.37. The highest BCUT2D eigenvalue weighted by Gasteiger charge is 2.21. The van der Waals surface area contributed by atoms with Crippen LogP contribution in [0.15, 0.2) is 54.9 Å². The van der Waals surface area contributed by atoms with Gasteiger partial charge in [0.15, 0.2) is 0 Å². The monoisotopic (exact) mass is 371 g/mol. The van der Waals surface area contributed by atoms with Gasteiger partial charge in [-0.1, -0.05) is 42.5 Å². The number of nitriles is 1. The first kappa shape index (κ1) is 18.4. The van der Waals surface area contributed by atoms with Crippen LogP contribution in [0.3, 0.4) is 0 Å². The van der Waals surface area contributed by atoms with E-state index in [4.69, 9.17) is 0 Å². The maximum Gasteiger partial charge on any atom is 0.132 e. The van der Waals surface area contributed by atoms with Crippen molar-refractivity contribution >= 4 is 0 Å². The lowest BCUT2D eigenvalue weighted by Gasteiger charge is -2.31. The topological polar surface area (TPSA) is 57.7 Å². The summed E-state index contributed by atoms with van der Waals surface area (Å²) in [5, 5.41) is 17.5. The molecule has 1 fully saturated rings. The normalized spacial score (nSPS) is 15.4. The molecule has 28 heavy (non-hydrogen) atoms. The lowest BCUT2D eigenvalue weighted by Crippen LogP contribution is -2.34. The van der Waals surface area contributed by atoms with E-state index in [1.807, 2.05) is 35.9 Å². The summed E-state index contributed by atoms with van der Waals surface area (Å²) >= 11 is 0. The molecule has 5 nitrogen and oxygen atoms in total. The summed E-state index contributed by atoms with van der Waals surface area (Å²) in [6.07, 6.45) is 5.22. The van der Waals surface area contributed by atoms with Crippen molar-refractivity contribution in [2.75, 3.05) is 13.1 Å². The van der Waals surface area contributed by atoms with Gasteiger partial charge in [-0.25, -0.2) is 0 Å². The average molecular weight is 371 g/mol. The molecule has 0 unspecified atom stereocenters. The van der Waals surface area contributed by atoms with E-state index in [9.17, 15) is 5.26 Å². The molecule has 5 heteroatoms. The molecule has 0 radical (unpaired) electrons. The molecule has 0 saturated carbocycles. The fourth-order valence-electron chi connectivity index (χ4n) is 3.98. The summed E-state index contributed by atoms with van der Waals surface area (Å²) in [5.41, 5.74) is 4.15. The molecule has 142 valence electrons. The maximum atomic E-state index is 9.30. The van der Waals surface area contributed by atoms with E-state index in [2.05, 4.69) is 45.4 Å². The van der Waals surface area contributed by atoms with Crippen LogP contribution in [0.1, 0.15) is 29.8 Å². The van der Waals surface area contributed by atoms with Crippen molar-refractivity contribution in [3.05, 3.63) is 71.8 Å². The minimum atomic E-state index is 0.698. The first-order chi connectivity index (χ1) is 13.7. The Morgan fingerprint density at radius 1 is 1.07 bits per heavy atom. The lowest BCUT2D eigenvalue weighted by atomic mass is 9.93. The maximum absolute atomic E-state index is 9.30. The second-order valence-corrected chi connectivity index (χ2v) is 7.64. The van der Waals surface area contributed by atoms with Crippen LogP contribution in [-0.4, -0.2) is 32.8 Å². The first-order valence-electron chi connectivity index (χ1n) is 9.86. The van der Waals surface area contributed by atoms with E-state index in [0.717, 1.165) is 48.6 Å². The SMILES string of the molecule is Cn1cnnc1CC1CCN(Cc2ccc(-c3ccccc3C#N)cc2)CC1. The van der Waals surface area contributed by atoms with Gasteiger partial charge >= 0.3 is 0 Å². The molecule has 0 spiro atoms. The highest BCUT2D eigenvalue weighted by molar-refractivity contribution is 5.70. The highest BCUT2D eigenvalue weighted by atomic mass is 15.2. The summed E-state index contributed by atoms with van der Waals surface area (Å²) < 4.78 is 2.03. The molecule has 1 aliphatic heterocycles. The third-order valence-corrected chi connectivity index (χ3v) is 5.70. The Kier molecular flexibility index (Phi) is 5.50. The zero-order valence-corrected chi connectivity index (χ0v) is 16.3. The van der Waals surface area contributed by atoms with E-state index >= 15 is 0 Å².